The fourth-order valence-electron chi connectivity index (χ4n) is 1.52. The molecule has 2 rings (SSSR count). The first kappa shape index (κ1) is 12.9. The number of rotatable bonds is 5. The molecule has 0 aliphatic rings. The van der Waals surface area contributed by atoms with Crippen molar-refractivity contribution in [3.05, 3.63) is 46.7 Å². The van der Waals surface area contributed by atoms with E-state index in [0.717, 1.165) is 11.9 Å². The van der Waals surface area contributed by atoms with Crippen molar-refractivity contribution in [1.82, 2.24) is 0 Å². The second-order valence-corrected chi connectivity index (χ2v) is 6.63. The highest BCUT2D eigenvalue weighted by Gasteiger charge is 2.06. The van der Waals surface area contributed by atoms with Crippen LogP contribution < -0.4 is 10.0 Å². The summed E-state index contributed by atoms with van der Waals surface area (Å²) in [6.07, 6.45) is 1.14. The minimum atomic E-state index is -3.26. The van der Waals surface area contributed by atoms with E-state index >= 15 is 0 Å². The Balaban J connectivity index is 2.12. The SMILES string of the molecule is CS(=O)(=O)Nc1ccccc1NCc1cccs1. The van der Waals surface area contributed by atoms with Crippen LogP contribution in [-0.2, 0) is 16.6 Å². The van der Waals surface area contributed by atoms with Crippen molar-refractivity contribution in [1.29, 1.82) is 0 Å². The molecule has 18 heavy (non-hydrogen) atoms. The number of thiophene rings is 1. The molecule has 0 unspecified atom stereocenters. The number of sulfonamides is 1. The van der Waals surface area contributed by atoms with E-state index in [1.165, 1.54) is 4.88 Å². The topological polar surface area (TPSA) is 58.2 Å². The van der Waals surface area contributed by atoms with Gasteiger partial charge in [-0.05, 0) is 23.6 Å². The minimum Gasteiger partial charge on any atom is -0.378 e. The standard InChI is InChI=1S/C12H14N2O2S2/c1-18(15,16)14-12-7-3-2-6-11(12)13-9-10-5-4-8-17-10/h2-8,13-14H,9H2,1H3. The van der Waals surface area contributed by atoms with Crippen molar-refractivity contribution in [3.63, 3.8) is 0 Å². The first-order valence-electron chi connectivity index (χ1n) is 5.38. The minimum absolute atomic E-state index is 0.566. The average Bonchev–Trinajstić information content (AvgIpc) is 2.79. The maximum Gasteiger partial charge on any atom is 0.229 e. The van der Waals surface area contributed by atoms with Gasteiger partial charge in [0.15, 0.2) is 0 Å². The molecule has 0 spiro atoms. The summed E-state index contributed by atoms with van der Waals surface area (Å²) in [5.74, 6) is 0. The molecule has 0 radical (unpaired) electrons. The van der Waals surface area contributed by atoms with Crippen LogP contribution in [0.4, 0.5) is 11.4 Å². The first-order chi connectivity index (χ1) is 8.54. The second kappa shape index (κ2) is 5.41. The number of para-hydroxylation sites is 2. The third-order valence-corrected chi connectivity index (χ3v) is 3.72. The van der Waals surface area contributed by atoms with Gasteiger partial charge in [0.05, 0.1) is 17.6 Å². The Kier molecular flexibility index (Phi) is 3.88. The summed E-state index contributed by atoms with van der Waals surface area (Å²) in [6.45, 7) is 0.681. The zero-order valence-corrected chi connectivity index (χ0v) is 11.5. The van der Waals surface area contributed by atoms with Crippen LogP contribution in [0.5, 0.6) is 0 Å². The second-order valence-electron chi connectivity index (χ2n) is 3.85. The number of nitrogens with one attached hydrogen (secondary N) is 2. The van der Waals surface area contributed by atoms with Crippen LogP contribution in [0.25, 0.3) is 0 Å². The van der Waals surface area contributed by atoms with E-state index in [9.17, 15) is 8.42 Å². The van der Waals surface area contributed by atoms with Crippen LogP contribution in [0.2, 0.25) is 0 Å². The highest BCUT2D eigenvalue weighted by molar-refractivity contribution is 7.92. The summed E-state index contributed by atoms with van der Waals surface area (Å²) in [5, 5.41) is 5.23. The fourth-order valence-corrected chi connectivity index (χ4v) is 2.74. The molecule has 0 amide bonds. The van der Waals surface area contributed by atoms with Crippen molar-refractivity contribution >= 4 is 32.7 Å². The molecule has 0 atom stereocenters. The maximum absolute atomic E-state index is 11.2. The van der Waals surface area contributed by atoms with Gasteiger partial charge in [0, 0.05) is 11.4 Å². The fraction of sp³-hybridized carbons (Fsp3) is 0.167. The summed E-state index contributed by atoms with van der Waals surface area (Å²) in [6, 6.07) is 11.3. The van der Waals surface area contributed by atoms with E-state index in [4.69, 9.17) is 0 Å². The molecule has 0 saturated carbocycles. The van der Waals surface area contributed by atoms with Crippen molar-refractivity contribution in [3.8, 4) is 0 Å². The predicted octanol–water partition coefficient (Wildman–Crippen LogP) is 2.73. The molecular formula is C12H14N2O2S2. The Morgan fingerprint density at radius 3 is 2.44 bits per heavy atom. The largest absolute Gasteiger partial charge is 0.378 e. The van der Waals surface area contributed by atoms with Gasteiger partial charge < -0.3 is 5.32 Å². The highest BCUT2D eigenvalue weighted by Crippen LogP contribution is 2.23. The molecule has 0 aliphatic heterocycles. The zero-order valence-electron chi connectivity index (χ0n) is 9.88. The van der Waals surface area contributed by atoms with E-state index in [1.807, 2.05) is 29.6 Å². The Labute approximate surface area is 111 Å². The van der Waals surface area contributed by atoms with Gasteiger partial charge in [-0.1, -0.05) is 18.2 Å². The number of anilines is 2. The molecule has 1 aromatic heterocycles. The molecular weight excluding hydrogens is 268 g/mol. The molecule has 0 bridgehead atoms. The van der Waals surface area contributed by atoms with Crippen LogP contribution in [0.3, 0.4) is 0 Å². The van der Waals surface area contributed by atoms with Crippen LogP contribution >= 0.6 is 11.3 Å². The smallest absolute Gasteiger partial charge is 0.229 e. The molecule has 6 heteroatoms. The van der Waals surface area contributed by atoms with Crippen LogP contribution in [-0.4, -0.2) is 14.7 Å². The monoisotopic (exact) mass is 282 g/mol. The third kappa shape index (κ3) is 3.75. The summed E-state index contributed by atoms with van der Waals surface area (Å²) in [7, 11) is -3.26. The molecule has 2 aromatic rings. The van der Waals surface area contributed by atoms with E-state index in [2.05, 4.69) is 10.0 Å². The average molecular weight is 282 g/mol. The van der Waals surface area contributed by atoms with Gasteiger partial charge in [-0.25, -0.2) is 8.42 Å². The van der Waals surface area contributed by atoms with Crippen molar-refractivity contribution < 1.29 is 8.42 Å². The van der Waals surface area contributed by atoms with E-state index in [-0.39, 0.29) is 0 Å². The number of benzene rings is 1. The lowest BCUT2D eigenvalue weighted by Crippen LogP contribution is -2.11. The van der Waals surface area contributed by atoms with Crippen molar-refractivity contribution in [2.75, 3.05) is 16.3 Å². The molecule has 4 nitrogen and oxygen atoms in total. The zero-order chi connectivity index (χ0) is 13.0. The Morgan fingerprint density at radius 1 is 1.11 bits per heavy atom. The molecule has 0 aliphatic carbocycles. The summed E-state index contributed by atoms with van der Waals surface area (Å²) in [5.41, 5.74) is 1.34. The van der Waals surface area contributed by atoms with Gasteiger partial charge >= 0.3 is 0 Å². The van der Waals surface area contributed by atoms with E-state index < -0.39 is 10.0 Å². The van der Waals surface area contributed by atoms with Gasteiger partial charge in [0.25, 0.3) is 0 Å². The van der Waals surface area contributed by atoms with Crippen LogP contribution in [0, 0.1) is 0 Å². The van der Waals surface area contributed by atoms with Crippen LogP contribution in [0.1, 0.15) is 4.88 Å². The van der Waals surface area contributed by atoms with E-state index in [1.54, 1.807) is 23.5 Å². The summed E-state index contributed by atoms with van der Waals surface area (Å²) < 4.78 is 25.0. The molecule has 96 valence electrons. The van der Waals surface area contributed by atoms with Crippen LogP contribution in [0.15, 0.2) is 41.8 Å². The first-order valence-corrected chi connectivity index (χ1v) is 8.15. The van der Waals surface area contributed by atoms with Gasteiger partial charge in [0.2, 0.25) is 10.0 Å². The molecule has 0 saturated heterocycles. The van der Waals surface area contributed by atoms with Gasteiger partial charge in [-0.2, -0.15) is 0 Å². The third-order valence-electron chi connectivity index (χ3n) is 2.26. The molecule has 1 heterocycles. The highest BCUT2D eigenvalue weighted by atomic mass is 32.2. The quantitative estimate of drug-likeness (QED) is 0.886. The van der Waals surface area contributed by atoms with E-state index in [0.29, 0.717) is 12.2 Å². The Hall–Kier alpha value is -1.53. The number of hydrogen-bond acceptors (Lipinski definition) is 4. The van der Waals surface area contributed by atoms with Crippen molar-refractivity contribution in [2.45, 2.75) is 6.54 Å². The molecule has 2 N–H and O–H groups in total. The van der Waals surface area contributed by atoms with Gasteiger partial charge in [0.1, 0.15) is 0 Å². The molecule has 0 fully saturated rings. The Bertz CT molecular complexity index is 607. The van der Waals surface area contributed by atoms with Gasteiger partial charge in [-0.15, -0.1) is 11.3 Å². The Morgan fingerprint density at radius 2 is 1.83 bits per heavy atom. The summed E-state index contributed by atoms with van der Waals surface area (Å²) >= 11 is 1.66. The number of hydrogen-bond donors (Lipinski definition) is 2. The van der Waals surface area contributed by atoms with Gasteiger partial charge in [-0.3, -0.25) is 4.72 Å². The predicted molar refractivity (Wildman–Crippen MR) is 76.6 cm³/mol. The molecule has 1 aromatic carbocycles. The van der Waals surface area contributed by atoms with Crippen molar-refractivity contribution in [2.24, 2.45) is 0 Å². The lowest BCUT2D eigenvalue weighted by molar-refractivity contribution is 0.607. The normalized spacial score (nSPS) is 11.2. The lowest BCUT2D eigenvalue weighted by Gasteiger charge is -2.11. The maximum atomic E-state index is 11.2. The summed E-state index contributed by atoms with van der Waals surface area (Å²) in [4.78, 5) is 1.20. The lowest BCUT2D eigenvalue weighted by atomic mass is 10.2.